The quantitative estimate of drug-likeness (QED) is 0.930. The minimum atomic E-state index is -0.920. The van der Waals surface area contributed by atoms with Crippen LogP contribution in [0.15, 0.2) is 24.5 Å². The fraction of sp³-hybridized carbons (Fsp3) is 0.467. The number of imidazole rings is 1. The third kappa shape index (κ3) is 2.29. The Labute approximate surface area is 117 Å². The van der Waals surface area contributed by atoms with Gasteiger partial charge in [-0.1, -0.05) is 6.92 Å². The predicted molar refractivity (Wildman–Crippen MR) is 74.8 cm³/mol. The molecule has 20 heavy (non-hydrogen) atoms. The number of carboxylic acids is 1. The molecule has 2 heterocycles. The lowest BCUT2D eigenvalue weighted by molar-refractivity contribution is 0.0697. The zero-order valence-electron chi connectivity index (χ0n) is 11.5. The molecule has 2 aromatic rings. The Morgan fingerprint density at radius 2 is 2.40 bits per heavy atom. The van der Waals surface area contributed by atoms with Crippen molar-refractivity contribution in [2.75, 3.05) is 6.61 Å². The van der Waals surface area contributed by atoms with Crippen molar-refractivity contribution in [2.45, 2.75) is 32.4 Å². The number of aromatic carboxylic acids is 1. The van der Waals surface area contributed by atoms with E-state index >= 15 is 0 Å². The topological polar surface area (TPSA) is 64.4 Å². The van der Waals surface area contributed by atoms with Gasteiger partial charge in [0.05, 0.1) is 29.0 Å². The van der Waals surface area contributed by atoms with E-state index in [2.05, 4.69) is 16.5 Å². The lowest BCUT2D eigenvalue weighted by Crippen LogP contribution is -2.19. The van der Waals surface area contributed by atoms with E-state index in [-0.39, 0.29) is 5.56 Å². The Hall–Kier alpha value is -1.88. The first kappa shape index (κ1) is 13.1. The highest BCUT2D eigenvalue weighted by Crippen LogP contribution is 2.26. The molecule has 0 saturated carbocycles. The smallest absolute Gasteiger partial charge is 0.335 e. The van der Waals surface area contributed by atoms with Gasteiger partial charge < -0.3 is 14.4 Å². The molecule has 2 unspecified atom stereocenters. The lowest BCUT2D eigenvalue weighted by Gasteiger charge is -2.17. The minimum Gasteiger partial charge on any atom is -0.478 e. The Balaban J connectivity index is 1.87. The van der Waals surface area contributed by atoms with Crippen molar-refractivity contribution >= 4 is 17.0 Å². The Morgan fingerprint density at radius 3 is 3.15 bits per heavy atom. The van der Waals surface area contributed by atoms with E-state index in [0.29, 0.717) is 12.0 Å². The largest absolute Gasteiger partial charge is 0.478 e. The van der Waals surface area contributed by atoms with Crippen molar-refractivity contribution < 1.29 is 14.6 Å². The molecule has 1 fully saturated rings. The van der Waals surface area contributed by atoms with Crippen LogP contribution in [0.25, 0.3) is 11.0 Å². The first-order chi connectivity index (χ1) is 9.69. The molecule has 0 aliphatic carbocycles. The monoisotopic (exact) mass is 274 g/mol. The summed E-state index contributed by atoms with van der Waals surface area (Å²) in [5, 5.41) is 9.00. The molecular weight excluding hydrogens is 256 g/mol. The number of hydrogen-bond acceptors (Lipinski definition) is 3. The van der Waals surface area contributed by atoms with Crippen LogP contribution < -0.4 is 0 Å². The molecule has 1 N–H and O–H groups in total. The van der Waals surface area contributed by atoms with Gasteiger partial charge in [-0.25, -0.2) is 9.78 Å². The molecule has 1 aromatic heterocycles. The van der Waals surface area contributed by atoms with E-state index in [1.165, 1.54) is 0 Å². The third-order valence-corrected chi connectivity index (χ3v) is 4.05. The molecule has 2 atom stereocenters. The van der Waals surface area contributed by atoms with E-state index in [1.54, 1.807) is 18.5 Å². The average Bonchev–Trinajstić information content (AvgIpc) is 3.05. The second kappa shape index (κ2) is 5.25. The van der Waals surface area contributed by atoms with Crippen molar-refractivity contribution in [3.63, 3.8) is 0 Å². The average molecular weight is 274 g/mol. The third-order valence-electron chi connectivity index (χ3n) is 4.05. The standard InChI is InChI=1S/C15H18N2O3/c1-2-14-11(5-6-20-14)8-17-9-16-12-7-10(15(18)19)3-4-13(12)17/h3-4,7,9,11,14H,2,5-6,8H2,1H3,(H,18,19). The molecule has 106 valence electrons. The van der Waals surface area contributed by atoms with E-state index < -0.39 is 5.97 Å². The fourth-order valence-electron chi connectivity index (χ4n) is 2.95. The number of carboxylic acid groups (broad SMARTS) is 1. The summed E-state index contributed by atoms with van der Waals surface area (Å²) in [6.45, 7) is 3.86. The van der Waals surface area contributed by atoms with Crippen molar-refractivity contribution in [1.82, 2.24) is 9.55 Å². The first-order valence-electron chi connectivity index (χ1n) is 6.99. The molecule has 1 aliphatic rings. The van der Waals surface area contributed by atoms with Crippen LogP contribution in [0.1, 0.15) is 30.1 Å². The van der Waals surface area contributed by atoms with Crippen LogP contribution in [-0.2, 0) is 11.3 Å². The normalized spacial score (nSPS) is 22.4. The fourth-order valence-corrected chi connectivity index (χ4v) is 2.95. The molecule has 5 heteroatoms. The van der Waals surface area contributed by atoms with Gasteiger partial charge in [-0.3, -0.25) is 0 Å². The minimum absolute atomic E-state index is 0.276. The number of carbonyl (C=O) groups is 1. The number of rotatable bonds is 4. The van der Waals surface area contributed by atoms with Gasteiger partial charge in [0, 0.05) is 19.1 Å². The van der Waals surface area contributed by atoms with Crippen molar-refractivity contribution in [1.29, 1.82) is 0 Å². The number of ether oxygens (including phenoxy) is 1. The highest BCUT2D eigenvalue weighted by atomic mass is 16.5. The molecule has 0 bridgehead atoms. The lowest BCUT2D eigenvalue weighted by atomic mass is 9.99. The van der Waals surface area contributed by atoms with Crippen molar-refractivity contribution in [3.8, 4) is 0 Å². The van der Waals surface area contributed by atoms with Gasteiger partial charge in [0.25, 0.3) is 0 Å². The van der Waals surface area contributed by atoms with E-state index in [4.69, 9.17) is 9.84 Å². The van der Waals surface area contributed by atoms with Crippen LogP contribution >= 0.6 is 0 Å². The number of hydrogen-bond donors (Lipinski definition) is 1. The number of aromatic nitrogens is 2. The Kier molecular flexibility index (Phi) is 3.44. The predicted octanol–water partition coefficient (Wildman–Crippen LogP) is 2.55. The van der Waals surface area contributed by atoms with Crippen LogP contribution in [0.2, 0.25) is 0 Å². The zero-order chi connectivity index (χ0) is 14.1. The molecule has 0 amide bonds. The molecule has 1 aromatic carbocycles. The molecule has 1 aliphatic heterocycles. The van der Waals surface area contributed by atoms with Gasteiger partial charge in [0.1, 0.15) is 0 Å². The highest BCUT2D eigenvalue weighted by molar-refractivity contribution is 5.92. The second-order valence-corrected chi connectivity index (χ2v) is 5.27. The van der Waals surface area contributed by atoms with Gasteiger partial charge in [0.2, 0.25) is 0 Å². The van der Waals surface area contributed by atoms with Gasteiger partial charge in [-0.05, 0) is 31.0 Å². The highest BCUT2D eigenvalue weighted by Gasteiger charge is 2.27. The summed E-state index contributed by atoms with van der Waals surface area (Å²) < 4.78 is 7.81. The SMILES string of the molecule is CCC1OCCC1Cn1cnc2cc(C(=O)O)ccc21. The summed E-state index contributed by atoms with van der Waals surface area (Å²) in [5.74, 6) is -0.409. The van der Waals surface area contributed by atoms with Crippen LogP contribution in [0.4, 0.5) is 0 Å². The van der Waals surface area contributed by atoms with Gasteiger partial charge in [0.15, 0.2) is 0 Å². The number of nitrogens with zero attached hydrogens (tertiary/aromatic N) is 2. The van der Waals surface area contributed by atoms with Crippen LogP contribution in [-0.4, -0.2) is 33.3 Å². The summed E-state index contributed by atoms with van der Waals surface area (Å²) in [7, 11) is 0. The molecule has 1 saturated heterocycles. The van der Waals surface area contributed by atoms with E-state index in [1.807, 2.05) is 6.07 Å². The van der Waals surface area contributed by atoms with Gasteiger partial charge >= 0.3 is 5.97 Å². The summed E-state index contributed by atoms with van der Waals surface area (Å²) in [6, 6.07) is 5.09. The zero-order valence-corrected chi connectivity index (χ0v) is 11.5. The maximum atomic E-state index is 11.0. The maximum Gasteiger partial charge on any atom is 0.335 e. The second-order valence-electron chi connectivity index (χ2n) is 5.27. The molecule has 3 rings (SSSR count). The van der Waals surface area contributed by atoms with Crippen LogP contribution in [0.3, 0.4) is 0 Å². The molecule has 0 spiro atoms. The molecular formula is C15H18N2O3. The molecule has 5 nitrogen and oxygen atoms in total. The van der Waals surface area contributed by atoms with Crippen molar-refractivity contribution in [2.24, 2.45) is 5.92 Å². The number of fused-ring (bicyclic) bond motifs is 1. The van der Waals surface area contributed by atoms with Crippen molar-refractivity contribution in [3.05, 3.63) is 30.1 Å². The van der Waals surface area contributed by atoms with Crippen LogP contribution in [0, 0.1) is 5.92 Å². The van der Waals surface area contributed by atoms with E-state index in [0.717, 1.165) is 37.0 Å². The number of benzene rings is 1. The van der Waals surface area contributed by atoms with Gasteiger partial charge in [-0.15, -0.1) is 0 Å². The first-order valence-corrected chi connectivity index (χ1v) is 6.99. The maximum absolute atomic E-state index is 11.0. The summed E-state index contributed by atoms with van der Waals surface area (Å²) in [5.41, 5.74) is 1.99. The van der Waals surface area contributed by atoms with Gasteiger partial charge in [-0.2, -0.15) is 0 Å². The van der Waals surface area contributed by atoms with E-state index in [9.17, 15) is 4.79 Å². The van der Waals surface area contributed by atoms with Crippen LogP contribution in [0.5, 0.6) is 0 Å². The molecule has 0 radical (unpaired) electrons. The Morgan fingerprint density at radius 1 is 1.55 bits per heavy atom. The summed E-state index contributed by atoms with van der Waals surface area (Å²) >= 11 is 0. The summed E-state index contributed by atoms with van der Waals surface area (Å²) in [4.78, 5) is 15.3. The summed E-state index contributed by atoms with van der Waals surface area (Å²) in [6.07, 6.45) is 4.22. The Bertz CT molecular complexity index is 635.